The van der Waals surface area contributed by atoms with Crippen molar-refractivity contribution in [2.24, 2.45) is 4.99 Å². The van der Waals surface area contributed by atoms with E-state index in [0.29, 0.717) is 12.4 Å². The third-order valence-electron chi connectivity index (χ3n) is 4.08. The third-order valence-corrected chi connectivity index (χ3v) is 4.08. The average Bonchev–Trinajstić information content (AvgIpc) is 3.22. The van der Waals surface area contributed by atoms with Gasteiger partial charge in [0.1, 0.15) is 5.76 Å². The molecule has 23 heavy (non-hydrogen) atoms. The van der Waals surface area contributed by atoms with Crippen LogP contribution < -0.4 is 10.6 Å². The van der Waals surface area contributed by atoms with Gasteiger partial charge in [-0.15, -0.1) is 0 Å². The summed E-state index contributed by atoms with van der Waals surface area (Å²) in [6, 6.07) is 0.805. The van der Waals surface area contributed by atoms with Crippen LogP contribution in [0, 0.1) is 0 Å². The summed E-state index contributed by atoms with van der Waals surface area (Å²) in [5.41, 5.74) is -0.0163. The first-order valence-corrected chi connectivity index (χ1v) is 8.57. The molecule has 1 fully saturated rings. The zero-order valence-corrected chi connectivity index (χ0v) is 15.1. The van der Waals surface area contributed by atoms with E-state index in [-0.39, 0.29) is 5.41 Å². The highest BCUT2D eigenvalue weighted by atomic mass is 16.4. The van der Waals surface area contributed by atoms with Crippen LogP contribution in [-0.4, -0.2) is 48.6 Å². The Kier molecular flexibility index (Phi) is 6.04. The first-order valence-electron chi connectivity index (χ1n) is 8.57. The maximum absolute atomic E-state index is 5.78. The Morgan fingerprint density at radius 2 is 2.13 bits per heavy atom. The normalized spacial score (nSPS) is 16.0. The van der Waals surface area contributed by atoms with Crippen LogP contribution >= 0.6 is 0 Å². The summed E-state index contributed by atoms with van der Waals surface area (Å²) in [6.45, 7) is 12.2. The quantitative estimate of drug-likeness (QED) is 0.595. The van der Waals surface area contributed by atoms with Crippen LogP contribution in [0.5, 0.6) is 0 Å². The molecule has 130 valence electrons. The van der Waals surface area contributed by atoms with Crippen molar-refractivity contribution >= 4 is 5.96 Å². The number of rotatable bonds is 7. The molecule has 0 amide bonds. The summed E-state index contributed by atoms with van der Waals surface area (Å²) in [6.07, 6.45) is 4.50. The Labute approximate surface area is 139 Å². The van der Waals surface area contributed by atoms with Crippen molar-refractivity contribution in [2.75, 3.05) is 26.7 Å². The lowest BCUT2D eigenvalue weighted by molar-refractivity contribution is 0.282. The smallest absolute Gasteiger partial charge is 0.213 e. The summed E-state index contributed by atoms with van der Waals surface area (Å²) in [5, 5.41) is 6.60. The molecule has 1 aromatic heterocycles. The predicted octanol–water partition coefficient (Wildman–Crippen LogP) is 2.12. The standard InChI is InChI=1S/C17H31N5O/c1-6-22(13-7-8-13)10-9-19-16(18-5)21-12-15-20-11-14(23-15)17(2,3)4/h11,13H,6-10,12H2,1-5H3,(H2,18,19,21). The number of nitrogens with one attached hydrogen (secondary N) is 2. The molecule has 0 bridgehead atoms. The van der Waals surface area contributed by atoms with Gasteiger partial charge in [-0.25, -0.2) is 4.98 Å². The number of aliphatic imine (C=N–C) groups is 1. The highest BCUT2D eigenvalue weighted by molar-refractivity contribution is 5.79. The van der Waals surface area contributed by atoms with Gasteiger partial charge in [0.05, 0.1) is 12.7 Å². The highest BCUT2D eigenvalue weighted by Gasteiger charge is 2.27. The van der Waals surface area contributed by atoms with Crippen LogP contribution in [0.4, 0.5) is 0 Å². The molecule has 0 aliphatic heterocycles. The first-order chi connectivity index (χ1) is 10.9. The molecular formula is C17H31N5O. The summed E-state index contributed by atoms with van der Waals surface area (Å²) in [5.74, 6) is 2.37. The molecule has 0 unspecified atom stereocenters. The fourth-order valence-corrected chi connectivity index (χ4v) is 2.48. The molecule has 0 radical (unpaired) electrons. The van der Waals surface area contributed by atoms with Gasteiger partial charge in [0, 0.05) is 31.6 Å². The van der Waals surface area contributed by atoms with Gasteiger partial charge in [0.25, 0.3) is 0 Å². The number of hydrogen-bond donors (Lipinski definition) is 2. The minimum atomic E-state index is -0.0163. The van der Waals surface area contributed by atoms with Crippen molar-refractivity contribution in [3.05, 3.63) is 17.8 Å². The van der Waals surface area contributed by atoms with Gasteiger partial charge >= 0.3 is 0 Å². The maximum Gasteiger partial charge on any atom is 0.213 e. The van der Waals surface area contributed by atoms with Gasteiger partial charge in [-0.3, -0.25) is 9.89 Å². The predicted molar refractivity (Wildman–Crippen MR) is 93.7 cm³/mol. The third kappa shape index (κ3) is 5.53. The topological polar surface area (TPSA) is 65.7 Å². The van der Waals surface area contributed by atoms with Crippen molar-refractivity contribution in [1.29, 1.82) is 0 Å². The van der Waals surface area contributed by atoms with Crippen LogP contribution in [0.3, 0.4) is 0 Å². The molecule has 0 saturated heterocycles. The Hall–Kier alpha value is -1.56. The Bertz CT molecular complexity index is 513. The summed E-state index contributed by atoms with van der Waals surface area (Å²) in [7, 11) is 1.78. The second-order valence-corrected chi connectivity index (χ2v) is 7.08. The van der Waals surface area contributed by atoms with E-state index >= 15 is 0 Å². The Morgan fingerprint density at radius 3 is 2.65 bits per heavy atom. The lowest BCUT2D eigenvalue weighted by atomic mass is 9.94. The largest absolute Gasteiger partial charge is 0.443 e. The van der Waals surface area contributed by atoms with Crippen molar-refractivity contribution in [3.63, 3.8) is 0 Å². The molecular weight excluding hydrogens is 290 g/mol. The summed E-state index contributed by atoms with van der Waals surface area (Å²) < 4.78 is 5.78. The van der Waals surface area contributed by atoms with Crippen molar-refractivity contribution in [3.8, 4) is 0 Å². The van der Waals surface area contributed by atoms with E-state index in [1.54, 1.807) is 7.05 Å². The lowest BCUT2D eigenvalue weighted by Crippen LogP contribution is -2.41. The molecule has 1 aliphatic rings. The van der Waals surface area contributed by atoms with Crippen LogP contribution in [0.1, 0.15) is 52.2 Å². The van der Waals surface area contributed by atoms with E-state index in [0.717, 1.165) is 37.4 Å². The van der Waals surface area contributed by atoms with Crippen molar-refractivity contribution < 1.29 is 4.42 Å². The molecule has 0 spiro atoms. The van der Waals surface area contributed by atoms with Crippen LogP contribution in [0.15, 0.2) is 15.6 Å². The van der Waals surface area contributed by atoms with Gasteiger partial charge < -0.3 is 15.1 Å². The van der Waals surface area contributed by atoms with Crippen LogP contribution in [0.2, 0.25) is 0 Å². The average molecular weight is 321 g/mol. The van der Waals surface area contributed by atoms with Crippen molar-refractivity contribution in [2.45, 2.75) is 58.5 Å². The SMILES string of the molecule is CCN(CCNC(=NC)NCc1ncc(C(C)(C)C)o1)C1CC1. The molecule has 1 heterocycles. The second kappa shape index (κ2) is 7.81. The zero-order valence-electron chi connectivity index (χ0n) is 15.1. The number of nitrogens with zero attached hydrogens (tertiary/aromatic N) is 3. The second-order valence-electron chi connectivity index (χ2n) is 7.08. The van der Waals surface area contributed by atoms with Gasteiger partial charge in [-0.2, -0.15) is 0 Å². The number of hydrogen-bond acceptors (Lipinski definition) is 4. The fraction of sp³-hybridized carbons (Fsp3) is 0.765. The van der Waals surface area contributed by atoms with Gasteiger partial charge in [-0.1, -0.05) is 27.7 Å². The van der Waals surface area contributed by atoms with E-state index in [4.69, 9.17) is 4.42 Å². The van der Waals surface area contributed by atoms with E-state index in [2.05, 4.69) is 53.2 Å². The number of aromatic nitrogens is 1. The number of likely N-dealkylation sites (N-methyl/N-ethyl adjacent to an activating group) is 1. The Balaban J connectivity index is 1.73. The van der Waals surface area contributed by atoms with Crippen LogP contribution in [-0.2, 0) is 12.0 Å². The van der Waals surface area contributed by atoms with E-state index in [1.807, 2.05) is 6.20 Å². The van der Waals surface area contributed by atoms with E-state index < -0.39 is 0 Å². The molecule has 1 aliphatic carbocycles. The number of guanidine groups is 1. The van der Waals surface area contributed by atoms with Crippen molar-refractivity contribution in [1.82, 2.24) is 20.5 Å². The van der Waals surface area contributed by atoms with Crippen LogP contribution in [0.25, 0.3) is 0 Å². The van der Waals surface area contributed by atoms with Gasteiger partial charge in [-0.05, 0) is 19.4 Å². The monoisotopic (exact) mass is 321 g/mol. The molecule has 0 aromatic carbocycles. The summed E-state index contributed by atoms with van der Waals surface area (Å²) in [4.78, 5) is 11.1. The number of oxazole rings is 1. The fourth-order valence-electron chi connectivity index (χ4n) is 2.48. The van der Waals surface area contributed by atoms with E-state index in [1.165, 1.54) is 12.8 Å². The zero-order chi connectivity index (χ0) is 16.9. The highest BCUT2D eigenvalue weighted by Crippen LogP contribution is 2.25. The maximum atomic E-state index is 5.78. The lowest BCUT2D eigenvalue weighted by Gasteiger charge is -2.20. The van der Waals surface area contributed by atoms with E-state index in [9.17, 15) is 0 Å². The molecule has 6 nitrogen and oxygen atoms in total. The molecule has 1 saturated carbocycles. The molecule has 0 atom stereocenters. The molecule has 6 heteroatoms. The molecule has 2 rings (SSSR count). The minimum absolute atomic E-state index is 0.0163. The molecule has 1 aromatic rings. The Morgan fingerprint density at radius 1 is 1.39 bits per heavy atom. The summed E-state index contributed by atoms with van der Waals surface area (Å²) >= 11 is 0. The van der Waals surface area contributed by atoms with Gasteiger partial charge in [0.15, 0.2) is 5.96 Å². The first kappa shape index (κ1) is 17.8. The minimum Gasteiger partial charge on any atom is -0.443 e. The van der Waals surface area contributed by atoms with Gasteiger partial charge in [0.2, 0.25) is 5.89 Å². The molecule has 2 N–H and O–H groups in total.